The van der Waals surface area contributed by atoms with Crippen molar-refractivity contribution in [3.8, 4) is 22.8 Å². The summed E-state index contributed by atoms with van der Waals surface area (Å²) < 4.78 is 0. The van der Waals surface area contributed by atoms with Gasteiger partial charge in [0.1, 0.15) is 11.6 Å². The summed E-state index contributed by atoms with van der Waals surface area (Å²) in [6.07, 6.45) is 10.9. The number of imidazole rings is 2. The molecule has 62 heavy (non-hydrogen) atoms. The molecule has 0 radical (unpaired) electrons. The van der Waals surface area contributed by atoms with Crippen LogP contribution in [0.5, 0.6) is 0 Å². The van der Waals surface area contributed by atoms with Crippen molar-refractivity contribution in [3.05, 3.63) is 134 Å². The topological polar surface area (TPSA) is 116 Å². The van der Waals surface area contributed by atoms with Crippen LogP contribution in [0, 0.1) is 11.3 Å². The molecule has 4 N–H and O–H groups in total. The number of nitrogens with one attached hydrogen (secondary N) is 4. The van der Waals surface area contributed by atoms with Crippen LogP contribution >= 0.6 is 46.4 Å². The van der Waals surface area contributed by atoms with Gasteiger partial charge in [0.15, 0.2) is 0 Å². The number of aromatic amines is 2. The van der Waals surface area contributed by atoms with Crippen molar-refractivity contribution in [3.63, 3.8) is 0 Å². The van der Waals surface area contributed by atoms with E-state index in [-0.39, 0.29) is 17.9 Å². The minimum absolute atomic E-state index is 0.0389. The van der Waals surface area contributed by atoms with E-state index in [0.717, 1.165) is 59.4 Å². The molecule has 5 aromatic carbocycles. The van der Waals surface area contributed by atoms with E-state index < -0.39 is 0 Å². The van der Waals surface area contributed by atoms with Gasteiger partial charge < -0.3 is 20.6 Å². The highest BCUT2D eigenvalue weighted by Gasteiger charge is 2.30. The van der Waals surface area contributed by atoms with Crippen molar-refractivity contribution in [2.45, 2.75) is 90.5 Å². The standard InChI is InChI=1S/C26H23Cl2N3O.C24H27Cl2N3O/c27-20-7-4-8-21(28)24(20)25-30-22-14-11-18(15-23(22)31-25)26(32)29-19-12-9-17(10-13-19)16-5-2-1-3-6-16;1-24(2,3)15-8-10-16(11-9-15)27-23(30)14-7-12-19-20(13-14)29-22(28-19)21-17(25)5-4-6-18(21)26/h4,7-16H,1-3,5-6H2,(H,29,32)(H,30,31);4-7,12-13,15-16H,8-11H2,1-3H3,(H,27,30)(H,28,29). The maximum Gasteiger partial charge on any atom is 0.255 e. The minimum Gasteiger partial charge on any atom is -0.349 e. The smallest absolute Gasteiger partial charge is 0.255 e. The lowest BCUT2D eigenvalue weighted by Gasteiger charge is -2.37. The summed E-state index contributed by atoms with van der Waals surface area (Å²) in [5, 5.41) is 8.31. The van der Waals surface area contributed by atoms with Gasteiger partial charge in [-0.15, -0.1) is 0 Å². The van der Waals surface area contributed by atoms with Crippen molar-refractivity contribution < 1.29 is 9.59 Å². The lowest BCUT2D eigenvalue weighted by atomic mass is 9.71. The highest BCUT2D eigenvalue weighted by atomic mass is 35.5. The Labute approximate surface area is 382 Å². The number of carbonyl (C=O) groups is 2. The van der Waals surface area contributed by atoms with Crippen molar-refractivity contribution in [2.75, 3.05) is 5.32 Å². The molecule has 2 heterocycles. The van der Waals surface area contributed by atoms with Gasteiger partial charge in [0, 0.05) is 22.9 Å². The quantitative estimate of drug-likeness (QED) is 0.127. The summed E-state index contributed by atoms with van der Waals surface area (Å²) in [7, 11) is 0. The van der Waals surface area contributed by atoms with Gasteiger partial charge in [-0.25, -0.2) is 9.97 Å². The van der Waals surface area contributed by atoms with Crippen LogP contribution in [0.25, 0.3) is 44.8 Å². The number of halogens is 4. The van der Waals surface area contributed by atoms with Crippen molar-refractivity contribution in [1.29, 1.82) is 0 Å². The van der Waals surface area contributed by atoms with Crippen LogP contribution < -0.4 is 10.6 Å². The fraction of sp³-hybridized carbons (Fsp3) is 0.320. The number of amides is 2. The molecule has 2 amide bonds. The molecule has 2 fully saturated rings. The van der Waals surface area contributed by atoms with Crippen LogP contribution in [0.1, 0.15) is 111 Å². The molecule has 0 spiro atoms. The Kier molecular flexibility index (Phi) is 13.3. The van der Waals surface area contributed by atoms with Gasteiger partial charge in [-0.1, -0.05) is 111 Å². The van der Waals surface area contributed by atoms with Crippen molar-refractivity contribution in [2.24, 2.45) is 11.3 Å². The number of benzene rings is 5. The minimum atomic E-state index is -0.163. The van der Waals surface area contributed by atoms with E-state index in [2.05, 4.69) is 63.5 Å². The Morgan fingerprint density at radius 2 is 1.08 bits per heavy atom. The number of nitrogens with zero attached hydrogens (tertiary/aromatic N) is 2. The molecule has 2 aromatic heterocycles. The first kappa shape index (κ1) is 43.8. The second kappa shape index (κ2) is 18.9. The maximum atomic E-state index is 12.8. The van der Waals surface area contributed by atoms with Crippen LogP contribution in [0.2, 0.25) is 20.1 Å². The van der Waals surface area contributed by atoms with E-state index in [1.54, 1.807) is 48.5 Å². The van der Waals surface area contributed by atoms with Crippen LogP contribution in [-0.2, 0) is 0 Å². The van der Waals surface area contributed by atoms with Gasteiger partial charge in [0.25, 0.3) is 11.8 Å². The average molecular weight is 909 g/mol. The van der Waals surface area contributed by atoms with E-state index in [1.807, 2.05) is 36.4 Å². The summed E-state index contributed by atoms with van der Waals surface area (Å²) >= 11 is 25.3. The highest BCUT2D eigenvalue weighted by molar-refractivity contribution is 6.39. The lowest BCUT2D eigenvalue weighted by Crippen LogP contribution is -2.39. The third kappa shape index (κ3) is 10.00. The van der Waals surface area contributed by atoms with Crippen molar-refractivity contribution in [1.82, 2.24) is 25.3 Å². The van der Waals surface area contributed by atoms with Crippen LogP contribution in [0.3, 0.4) is 0 Å². The fourth-order valence-corrected chi connectivity index (χ4v) is 9.99. The Hall–Kier alpha value is -4.86. The number of fused-ring (bicyclic) bond motifs is 2. The first-order valence-electron chi connectivity index (χ1n) is 21.4. The number of hydrogen-bond donors (Lipinski definition) is 4. The van der Waals surface area contributed by atoms with Crippen LogP contribution in [0.15, 0.2) is 97.1 Å². The molecule has 9 rings (SSSR count). The maximum absolute atomic E-state index is 12.8. The van der Waals surface area contributed by atoms with Crippen LogP contribution in [-0.4, -0.2) is 37.8 Å². The molecule has 0 unspecified atom stereocenters. The van der Waals surface area contributed by atoms with Gasteiger partial charge in [-0.2, -0.15) is 0 Å². The lowest BCUT2D eigenvalue weighted by molar-refractivity contribution is 0.0903. The summed E-state index contributed by atoms with van der Waals surface area (Å²) in [5.41, 5.74) is 8.03. The molecular weight excluding hydrogens is 858 g/mol. The molecule has 12 heteroatoms. The van der Waals surface area contributed by atoms with Crippen LogP contribution in [0.4, 0.5) is 5.69 Å². The van der Waals surface area contributed by atoms with Gasteiger partial charge in [0.05, 0.1) is 53.3 Å². The second-order valence-electron chi connectivity index (χ2n) is 17.6. The number of carbonyl (C=O) groups excluding carboxylic acids is 2. The molecule has 0 atom stereocenters. The monoisotopic (exact) mass is 906 g/mol. The molecule has 320 valence electrons. The van der Waals surface area contributed by atoms with Gasteiger partial charge in [0.2, 0.25) is 0 Å². The molecule has 0 aliphatic heterocycles. The molecule has 2 aliphatic rings. The summed E-state index contributed by atoms with van der Waals surface area (Å²) in [6, 6.07) is 30.1. The first-order chi connectivity index (χ1) is 29.8. The number of hydrogen-bond acceptors (Lipinski definition) is 4. The molecule has 0 saturated heterocycles. The number of H-pyrrole nitrogens is 2. The van der Waals surface area contributed by atoms with E-state index in [1.165, 1.54) is 37.7 Å². The molecular formula is C50H50Cl4N6O2. The second-order valence-corrected chi connectivity index (χ2v) is 19.3. The van der Waals surface area contributed by atoms with Gasteiger partial charge in [-0.05, 0) is 134 Å². The SMILES string of the molecule is CC(C)(C)C1CCC(NC(=O)c2ccc3nc(-c4c(Cl)cccc4Cl)[nH]c3c2)CC1.O=C(Nc1ccc(C2CCCCC2)cc1)c1ccc2nc(-c3c(Cl)cccc3Cl)[nH]c2c1. The Morgan fingerprint density at radius 3 is 1.56 bits per heavy atom. The highest BCUT2D eigenvalue weighted by Crippen LogP contribution is 2.39. The Bertz CT molecular complexity index is 2680. The largest absolute Gasteiger partial charge is 0.349 e. The average Bonchev–Trinajstić information content (AvgIpc) is 3.88. The predicted molar refractivity (Wildman–Crippen MR) is 256 cm³/mol. The molecule has 8 nitrogen and oxygen atoms in total. The molecule has 2 saturated carbocycles. The first-order valence-corrected chi connectivity index (χ1v) is 22.9. The fourth-order valence-electron chi connectivity index (χ4n) is 8.84. The Balaban J connectivity index is 0.000000171. The predicted octanol–water partition coefficient (Wildman–Crippen LogP) is 14.7. The van der Waals surface area contributed by atoms with E-state index in [4.69, 9.17) is 46.4 Å². The zero-order chi connectivity index (χ0) is 43.5. The third-order valence-electron chi connectivity index (χ3n) is 12.4. The summed E-state index contributed by atoms with van der Waals surface area (Å²) in [5.74, 6) is 2.34. The van der Waals surface area contributed by atoms with Gasteiger partial charge in [-0.3, -0.25) is 9.59 Å². The third-order valence-corrected chi connectivity index (χ3v) is 13.7. The van der Waals surface area contributed by atoms with E-state index in [9.17, 15) is 9.59 Å². The summed E-state index contributed by atoms with van der Waals surface area (Å²) in [6.45, 7) is 6.92. The molecule has 7 aromatic rings. The zero-order valence-electron chi connectivity index (χ0n) is 35.1. The van der Waals surface area contributed by atoms with Gasteiger partial charge >= 0.3 is 0 Å². The zero-order valence-corrected chi connectivity index (χ0v) is 38.1. The number of rotatable bonds is 7. The summed E-state index contributed by atoms with van der Waals surface area (Å²) in [4.78, 5) is 41.3. The van der Waals surface area contributed by atoms with E-state index in [0.29, 0.717) is 65.3 Å². The number of aromatic nitrogens is 4. The normalized spacial score (nSPS) is 17.1. The van der Waals surface area contributed by atoms with E-state index >= 15 is 0 Å². The molecule has 2 aliphatic carbocycles. The number of anilines is 1. The van der Waals surface area contributed by atoms with Crippen molar-refractivity contribution >= 4 is 86.0 Å². The molecule has 0 bridgehead atoms. The Morgan fingerprint density at radius 1 is 0.597 bits per heavy atom.